The molecule has 1 atom stereocenters. The van der Waals surface area contributed by atoms with Crippen molar-refractivity contribution >= 4 is 23.1 Å². The SMILES string of the molecule is O=[N+]([O-])c1cc(Cl)nc(N2CCCC2CO)c1. The summed E-state index contributed by atoms with van der Waals surface area (Å²) < 4.78 is 0. The molecule has 7 heteroatoms. The smallest absolute Gasteiger partial charge is 0.276 e. The second-order valence-corrected chi connectivity index (χ2v) is 4.32. The Morgan fingerprint density at radius 2 is 2.41 bits per heavy atom. The summed E-state index contributed by atoms with van der Waals surface area (Å²) in [7, 11) is 0. The molecule has 1 N–H and O–H groups in total. The lowest BCUT2D eigenvalue weighted by Crippen LogP contribution is -2.32. The van der Waals surface area contributed by atoms with Gasteiger partial charge in [-0.1, -0.05) is 11.6 Å². The molecule has 1 aliphatic heterocycles. The number of rotatable bonds is 3. The van der Waals surface area contributed by atoms with Crippen molar-refractivity contribution in [2.45, 2.75) is 18.9 Å². The fourth-order valence-corrected chi connectivity index (χ4v) is 2.25. The van der Waals surface area contributed by atoms with Crippen molar-refractivity contribution in [3.63, 3.8) is 0 Å². The lowest BCUT2D eigenvalue weighted by molar-refractivity contribution is -0.384. The Morgan fingerprint density at radius 3 is 3.06 bits per heavy atom. The molecule has 0 radical (unpaired) electrons. The number of hydrogen-bond acceptors (Lipinski definition) is 5. The third kappa shape index (κ3) is 2.48. The minimum Gasteiger partial charge on any atom is -0.394 e. The van der Waals surface area contributed by atoms with E-state index in [1.54, 1.807) is 0 Å². The fraction of sp³-hybridized carbons (Fsp3) is 0.500. The summed E-state index contributed by atoms with van der Waals surface area (Å²) >= 11 is 5.76. The third-order valence-electron chi connectivity index (χ3n) is 2.86. The number of nitro groups is 1. The van der Waals surface area contributed by atoms with E-state index in [-0.39, 0.29) is 23.5 Å². The first-order valence-corrected chi connectivity index (χ1v) is 5.69. The lowest BCUT2D eigenvalue weighted by Gasteiger charge is -2.23. The highest BCUT2D eigenvalue weighted by Crippen LogP contribution is 2.28. The zero-order chi connectivity index (χ0) is 12.4. The summed E-state index contributed by atoms with van der Waals surface area (Å²) in [5.41, 5.74) is -0.0800. The number of halogens is 1. The molecule has 0 aromatic carbocycles. The average molecular weight is 258 g/mol. The minimum absolute atomic E-state index is 0.0159. The van der Waals surface area contributed by atoms with Gasteiger partial charge in [0, 0.05) is 6.54 Å². The van der Waals surface area contributed by atoms with Crippen molar-refractivity contribution in [2.75, 3.05) is 18.1 Å². The van der Waals surface area contributed by atoms with Crippen LogP contribution >= 0.6 is 11.6 Å². The van der Waals surface area contributed by atoms with Gasteiger partial charge in [0.15, 0.2) is 0 Å². The molecule has 1 unspecified atom stereocenters. The quantitative estimate of drug-likeness (QED) is 0.505. The van der Waals surface area contributed by atoms with E-state index >= 15 is 0 Å². The average Bonchev–Trinajstić information content (AvgIpc) is 2.76. The highest BCUT2D eigenvalue weighted by atomic mass is 35.5. The van der Waals surface area contributed by atoms with E-state index in [1.165, 1.54) is 12.1 Å². The van der Waals surface area contributed by atoms with Crippen LogP contribution in [0.15, 0.2) is 12.1 Å². The number of anilines is 1. The monoisotopic (exact) mass is 257 g/mol. The molecule has 1 aliphatic rings. The van der Waals surface area contributed by atoms with Crippen LogP contribution < -0.4 is 4.90 Å². The summed E-state index contributed by atoms with van der Waals surface area (Å²) in [4.78, 5) is 16.2. The van der Waals surface area contributed by atoms with Crippen LogP contribution in [0.4, 0.5) is 11.5 Å². The first kappa shape index (κ1) is 12.1. The van der Waals surface area contributed by atoms with Gasteiger partial charge in [-0.15, -0.1) is 0 Å². The van der Waals surface area contributed by atoms with Crippen LogP contribution in [0.2, 0.25) is 5.15 Å². The first-order valence-electron chi connectivity index (χ1n) is 5.31. The van der Waals surface area contributed by atoms with Gasteiger partial charge in [0.2, 0.25) is 0 Å². The van der Waals surface area contributed by atoms with Gasteiger partial charge >= 0.3 is 0 Å². The number of hydrogen-bond donors (Lipinski definition) is 1. The summed E-state index contributed by atoms with van der Waals surface area (Å²) in [6, 6.07) is 2.58. The summed E-state index contributed by atoms with van der Waals surface area (Å²) in [6.45, 7) is 0.748. The van der Waals surface area contributed by atoms with E-state index in [9.17, 15) is 15.2 Å². The van der Waals surface area contributed by atoms with Crippen LogP contribution in [-0.2, 0) is 0 Å². The van der Waals surface area contributed by atoms with E-state index in [1.807, 2.05) is 4.90 Å². The zero-order valence-corrected chi connectivity index (χ0v) is 9.80. The Labute approximate surface area is 103 Å². The van der Waals surface area contributed by atoms with Crippen LogP contribution in [0.5, 0.6) is 0 Å². The largest absolute Gasteiger partial charge is 0.394 e. The summed E-state index contributed by atoms with van der Waals surface area (Å²) in [5.74, 6) is 0.459. The maximum Gasteiger partial charge on any atom is 0.276 e. The molecule has 0 aliphatic carbocycles. The molecular formula is C10H12ClN3O3. The van der Waals surface area contributed by atoms with E-state index < -0.39 is 4.92 Å². The number of aliphatic hydroxyl groups excluding tert-OH is 1. The number of nitrogens with zero attached hydrogens (tertiary/aromatic N) is 3. The van der Waals surface area contributed by atoms with Crippen LogP contribution in [0.25, 0.3) is 0 Å². The van der Waals surface area contributed by atoms with E-state index in [4.69, 9.17) is 11.6 Å². The molecule has 6 nitrogen and oxygen atoms in total. The summed E-state index contributed by atoms with van der Waals surface area (Å²) in [6.07, 6.45) is 1.80. The molecule has 2 heterocycles. The molecule has 92 valence electrons. The van der Waals surface area contributed by atoms with Crippen LogP contribution in [0.1, 0.15) is 12.8 Å². The Balaban J connectivity index is 2.34. The molecule has 17 heavy (non-hydrogen) atoms. The first-order chi connectivity index (χ1) is 8.11. The van der Waals surface area contributed by atoms with Crippen LogP contribution in [0.3, 0.4) is 0 Å². The van der Waals surface area contributed by atoms with E-state index in [2.05, 4.69) is 4.98 Å². The summed E-state index contributed by atoms with van der Waals surface area (Å²) in [5, 5.41) is 20.0. The highest BCUT2D eigenvalue weighted by Gasteiger charge is 2.26. The Bertz CT molecular complexity index is 441. The van der Waals surface area contributed by atoms with Crippen LogP contribution in [0, 0.1) is 10.1 Å². The number of pyridine rings is 1. The number of aromatic nitrogens is 1. The maximum atomic E-state index is 10.7. The molecule has 0 spiro atoms. The fourth-order valence-electron chi connectivity index (χ4n) is 2.05. The molecule has 1 fully saturated rings. The van der Waals surface area contributed by atoms with Gasteiger partial charge in [-0.05, 0) is 12.8 Å². The van der Waals surface area contributed by atoms with E-state index in [0.717, 1.165) is 19.4 Å². The topological polar surface area (TPSA) is 79.5 Å². The van der Waals surface area contributed by atoms with Crippen molar-refractivity contribution in [1.82, 2.24) is 4.98 Å². The minimum atomic E-state index is -0.499. The zero-order valence-electron chi connectivity index (χ0n) is 9.04. The van der Waals surface area contributed by atoms with Crippen molar-refractivity contribution in [1.29, 1.82) is 0 Å². The van der Waals surface area contributed by atoms with Crippen molar-refractivity contribution in [2.24, 2.45) is 0 Å². The Kier molecular flexibility index (Phi) is 3.44. The highest BCUT2D eigenvalue weighted by molar-refractivity contribution is 6.29. The van der Waals surface area contributed by atoms with Gasteiger partial charge < -0.3 is 10.0 Å². The Hall–Kier alpha value is -1.40. The molecule has 0 saturated carbocycles. The molecule has 1 aromatic rings. The van der Waals surface area contributed by atoms with Crippen molar-refractivity contribution < 1.29 is 10.0 Å². The molecule has 2 rings (SSSR count). The molecule has 1 saturated heterocycles. The second kappa shape index (κ2) is 4.85. The molecule has 0 amide bonds. The van der Waals surface area contributed by atoms with Gasteiger partial charge in [0.1, 0.15) is 11.0 Å². The molecule has 1 aromatic heterocycles. The van der Waals surface area contributed by atoms with Gasteiger partial charge in [0.05, 0.1) is 29.7 Å². The van der Waals surface area contributed by atoms with Gasteiger partial charge in [-0.25, -0.2) is 4.98 Å². The van der Waals surface area contributed by atoms with Crippen molar-refractivity contribution in [3.8, 4) is 0 Å². The maximum absolute atomic E-state index is 10.7. The van der Waals surface area contributed by atoms with E-state index in [0.29, 0.717) is 5.82 Å². The van der Waals surface area contributed by atoms with Gasteiger partial charge in [0.25, 0.3) is 5.69 Å². The predicted molar refractivity (Wildman–Crippen MR) is 63.4 cm³/mol. The number of aliphatic hydroxyl groups is 1. The second-order valence-electron chi connectivity index (χ2n) is 3.94. The standard InChI is InChI=1S/C10H12ClN3O3/c11-9-4-8(14(16)17)5-10(12-9)13-3-1-2-7(13)6-15/h4-5,7,15H,1-3,6H2. The van der Waals surface area contributed by atoms with Gasteiger partial charge in [-0.3, -0.25) is 10.1 Å². The normalized spacial score (nSPS) is 19.6. The lowest BCUT2D eigenvalue weighted by atomic mass is 10.2. The Morgan fingerprint density at radius 1 is 1.65 bits per heavy atom. The third-order valence-corrected chi connectivity index (χ3v) is 3.05. The van der Waals surface area contributed by atoms with Crippen molar-refractivity contribution in [3.05, 3.63) is 27.4 Å². The predicted octanol–water partition coefficient (Wildman–Crippen LogP) is 1.60. The van der Waals surface area contributed by atoms with Gasteiger partial charge in [-0.2, -0.15) is 0 Å². The molecular weight excluding hydrogens is 246 g/mol. The molecule has 0 bridgehead atoms. The van der Waals surface area contributed by atoms with Crippen LogP contribution in [-0.4, -0.2) is 34.2 Å².